The summed E-state index contributed by atoms with van der Waals surface area (Å²) < 4.78 is 84.4. The first-order valence-electron chi connectivity index (χ1n) is 9.98. The van der Waals surface area contributed by atoms with Crippen LogP contribution in [0.5, 0.6) is 0 Å². The maximum Gasteiger partial charge on any atom is 0.314 e. The zero-order chi connectivity index (χ0) is 23.8. The Balaban J connectivity index is 1.57. The van der Waals surface area contributed by atoms with Crippen molar-refractivity contribution in [3.8, 4) is 11.5 Å². The fourth-order valence-corrected chi connectivity index (χ4v) is 5.00. The molecule has 8 nitrogen and oxygen atoms in total. The average molecular weight is 485 g/mol. The molecule has 1 aliphatic carbocycles. The van der Waals surface area contributed by atoms with E-state index in [2.05, 4.69) is 20.2 Å². The van der Waals surface area contributed by atoms with Crippen LogP contribution in [0.1, 0.15) is 42.5 Å². The van der Waals surface area contributed by atoms with Gasteiger partial charge in [0.05, 0.1) is 10.8 Å². The van der Waals surface area contributed by atoms with Gasteiger partial charge in [-0.3, -0.25) is 0 Å². The fraction of sp³-hybridized carbons (Fsp3) is 0.400. The Morgan fingerprint density at radius 3 is 2.42 bits per heavy atom. The highest BCUT2D eigenvalue weighted by atomic mass is 32.2. The van der Waals surface area contributed by atoms with Crippen LogP contribution in [-0.2, 0) is 16.4 Å². The number of sulfonamides is 1. The van der Waals surface area contributed by atoms with E-state index in [1.54, 1.807) is 0 Å². The number of benzene rings is 1. The second kappa shape index (κ2) is 9.14. The van der Waals surface area contributed by atoms with Gasteiger partial charge in [-0.2, -0.15) is 8.78 Å². The predicted octanol–water partition coefficient (Wildman–Crippen LogP) is 3.49. The number of rotatable bonds is 9. The van der Waals surface area contributed by atoms with Crippen molar-refractivity contribution in [3.05, 3.63) is 59.5 Å². The molecule has 0 bridgehead atoms. The Bertz CT molecular complexity index is 1230. The second-order valence-corrected chi connectivity index (χ2v) is 10.0. The Hall–Kier alpha value is -2.93. The van der Waals surface area contributed by atoms with Crippen molar-refractivity contribution in [2.45, 2.75) is 36.9 Å². The zero-order valence-corrected chi connectivity index (χ0v) is 18.1. The molecule has 0 amide bonds. The maximum absolute atomic E-state index is 14.5. The van der Waals surface area contributed by atoms with Gasteiger partial charge in [-0.25, -0.2) is 31.5 Å². The highest BCUT2D eigenvalue weighted by Crippen LogP contribution is 2.32. The first-order chi connectivity index (χ1) is 15.6. The van der Waals surface area contributed by atoms with Crippen LogP contribution in [0, 0.1) is 11.6 Å². The van der Waals surface area contributed by atoms with Gasteiger partial charge >= 0.3 is 6.43 Å². The Morgan fingerprint density at radius 2 is 1.85 bits per heavy atom. The molecule has 176 valence electrons. The van der Waals surface area contributed by atoms with Crippen molar-refractivity contribution in [2.75, 3.05) is 13.6 Å². The van der Waals surface area contributed by atoms with Crippen molar-refractivity contribution in [1.29, 1.82) is 0 Å². The van der Waals surface area contributed by atoms with Crippen LogP contribution in [0.15, 0.2) is 35.0 Å². The van der Waals surface area contributed by atoms with E-state index in [-0.39, 0.29) is 35.8 Å². The fourth-order valence-electron chi connectivity index (χ4n) is 3.37. The van der Waals surface area contributed by atoms with E-state index in [4.69, 9.17) is 4.42 Å². The third kappa shape index (κ3) is 5.19. The monoisotopic (exact) mass is 485 g/mol. The molecule has 2 aromatic heterocycles. The van der Waals surface area contributed by atoms with Gasteiger partial charge in [0.2, 0.25) is 10.0 Å². The molecule has 1 atom stereocenters. The van der Waals surface area contributed by atoms with E-state index >= 15 is 0 Å². The molecule has 0 radical (unpaired) electrons. The Kier molecular flexibility index (Phi) is 6.43. The van der Waals surface area contributed by atoms with Gasteiger partial charge < -0.3 is 4.42 Å². The van der Waals surface area contributed by atoms with E-state index in [0.717, 1.165) is 12.1 Å². The molecule has 0 spiro atoms. The molecule has 0 aliphatic heterocycles. The van der Waals surface area contributed by atoms with Crippen LogP contribution in [0.25, 0.3) is 11.5 Å². The molecular weight excluding hydrogens is 466 g/mol. The molecule has 4 rings (SSSR count). The minimum atomic E-state index is -3.52. The van der Waals surface area contributed by atoms with Gasteiger partial charge in [0.1, 0.15) is 17.5 Å². The lowest BCUT2D eigenvalue weighted by Crippen LogP contribution is -2.34. The number of aromatic nitrogens is 4. The summed E-state index contributed by atoms with van der Waals surface area (Å²) >= 11 is 0. The second-order valence-electron chi connectivity index (χ2n) is 7.73. The predicted molar refractivity (Wildman–Crippen MR) is 108 cm³/mol. The summed E-state index contributed by atoms with van der Waals surface area (Å²) in [5.74, 6) is -3.05. The van der Waals surface area contributed by atoms with Gasteiger partial charge in [-0.05, 0) is 24.5 Å². The summed E-state index contributed by atoms with van der Waals surface area (Å²) in [5, 5.41) is 6.32. The lowest BCUT2D eigenvalue weighted by Gasteiger charge is -2.24. The van der Waals surface area contributed by atoms with Crippen molar-refractivity contribution >= 4 is 10.0 Å². The lowest BCUT2D eigenvalue weighted by molar-refractivity contribution is 0.116. The molecule has 2 heterocycles. The van der Waals surface area contributed by atoms with E-state index < -0.39 is 45.1 Å². The molecule has 1 unspecified atom stereocenters. The molecule has 0 saturated heterocycles. The van der Waals surface area contributed by atoms with Crippen molar-refractivity contribution in [1.82, 2.24) is 24.5 Å². The van der Waals surface area contributed by atoms with E-state index in [1.807, 2.05) is 0 Å². The summed E-state index contributed by atoms with van der Waals surface area (Å²) in [6.45, 7) is -0.0616. The molecule has 13 heteroatoms. The molecule has 1 fully saturated rings. The molecule has 1 aromatic carbocycles. The van der Waals surface area contributed by atoms with Crippen LogP contribution in [-0.4, -0.2) is 51.7 Å². The smallest absolute Gasteiger partial charge is 0.314 e. The number of halogens is 4. The van der Waals surface area contributed by atoms with E-state index in [1.165, 1.54) is 29.8 Å². The average Bonchev–Trinajstić information content (AvgIpc) is 3.51. The van der Waals surface area contributed by atoms with Crippen LogP contribution < -0.4 is 0 Å². The molecular formula is C20H19F4N5O3S. The standard InChI is InChI=1S/C20H19F4N5O3S/c1-29(33(30,31)14-3-4-14)10-11(15-5-2-13(21)7-16(15)22)6-17-25-8-12(9-26-17)19-27-28-20(32-19)18(23)24/h2,5,7-9,11,14,18H,3-4,6,10H2,1H3. The van der Waals surface area contributed by atoms with Crippen LogP contribution in [0.4, 0.5) is 17.6 Å². The quantitative estimate of drug-likeness (QED) is 0.428. The number of alkyl halides is 2. The van der Waals surface area contributed by atoms with Crippen molar-refractivity contribution < 1.29 is 30.4 Å². The van der Waals surface area contributed by atoms with Gasteiger partial charge in [-0.15, -0.1) is 10.2 Å². The summed E-state index contributed by atoms with van der Waals surface area (Å²) in [5.41, 5.74) is 0.330. The highest BCUT2D eigenvalue weighted by Gasteiger charge is 2.39. The van der Waals surface area contributed by atoms with Crippen LogP contribution in [0.3, 0.4) is 0 Å². The summed E-state index contributed by atoms with van der Waals surface area (Å²) in [6, 6.07) is 3.10. The molecule has 1 saturated carbocycles. The minimum absolute atomic E-state index is 0.0411. The SMILES string of the molecule is CN(CC(Cc1ncc(-c2nnc(C(F)F)o2)cn1)c1ccc(F)cc1F)S(=O)(=O)C1CC1. The first kappa shape index (κ1) is 23.2. The third-order valence-electron chi connectivity index (χ3n) is 5.27. The Morgan fingerprint density at radius 1 is 1.15 bits per heavy atom. The van der Waals surface area contributed by atoms with Gasteiger partial charge in [0.25, 0.3) is 11.8 Å². The van der Waals surface area contributed by atoms with E-state index in [9.17, 15) is 26.0 Å². The maximum atomic E-state index is 14.5. The lowest BCUT2D eigenvalue weighted by atomic mass is 9.94. The molecule has 1 aliphatic rings. The normalized spacial score (nSPS) is 15.4. The zero-order valence-electron chi connectivity index (χ0n) is 17.3. The Labute approximate surface area is 186 Å². The van der Waals surface area contributed by atoms with Gasteiger partial charge in [-0.1, -0.05) is 6.07 Å². The highest BCUT2D eigenvalue weighted by molar-refractivity contribution is 7.90. The van der Waals surface area contributed by atoms with Crippen LogP contribution in [0.2, 0.25) is 0 Å². The largest absolute Gasteiger partial charge is 0.415 e. The molecule has 3 aromatic rings. The van der Waals surface area contributed by atoms with Gasteiger partial charge in [0, 0.05) is 44.4 Å². The number of likely N-dealkylation sites (N-methyl/N-ethyl adjacent to an activating group) is 1. The van der Waals surface area contributed by atoms with E-state index in [0.29, 0.717) is 12.8 Å². The van der Waals surface area contributed by atoms with Crippen LogP contribution >= 0.6 is 0 Å². The van der Waals surface area contributed by atoms with Crippen molar-refractivity contribution in [2.24, 2.45) is 0 Å². The number of hydrogen-bond acceptors (Lipinski definition) is 7. The summed E-state index contributed by atoms with van der Waals surface area (Å²) in [6.07, 6.45) is 0.855. The summed E-state index contributed by atoms with van der Waals surface area (Å²) in [7, 11) is -2.10. The van der Waals surface area contributed by atoms with Crippen molar-refractivity contribution in [3.63, 3.8) is 0 Å². The topological polar surface area (TPSA) is 102 Å². The number of hydrogen-bond donors (Lipinski definition) is 0. The van der Waals surface area contributed by atoms with Gasteiger partial charge in [0.15, 0.2) is 0 Å². The number of nitrogens with zero attached hydrogens (tertiary/aromatic N) is 5. The molecule has 0 N–H and O–H groups in total. The molecule has 33 heavy (non-hydrogen) atoms. The first-order valence-corrected chi connectivity index (χ1v) is 11.5. The summed E-state index contributed by atoms with van der Waals surface area (Å²) in [4.78, 5) is 8.30. The minimum Gasteiger partial charge on any atom is -0.415 e. The third-order valence-corrected chi connectivity index (χ3v) is 7.60.